The van der Waals surface area contributed by atoms with Gasteiger partial charge in [0.1, 0.15) is 10.5 Å². The molecule has 1 aliphatic carbocycles. The third-order valence-corrected chi connectivity index (χ3v) is 6.77. The summed E-state index contributed by atoms with van der Waals surface area (Å²) in [6.07, 6.45) is 0. The molecule has 0 radical (unpaired) electrons. The second kappa shape index (κ2) is 6.25. The molecule has 1 aliphatic rings. The fraction of sp³-hybridized carbons (Fsp3) is 0. The number of fused-ring (bicyclic) bond motifs is 2. The van der Waals surface area contributed by atoms with Crippen molar-refractivity contribution in [2.45, 2.75) is 9.79 Å². The maximum absolute atomic E-state index is 13.0. The molecule has 14 heteroatoms. The molecule has 0 bridgehead atoms. The van der Waals surface area contributed by atoms with Crippen LogP contribution >= 0.6 is 15.9 Å². The summed E-state index contributed by atoms with van der Waals surface area (Å²) in [5, 5.41) is 21.5. The Hall–Kier alpha value is -2.52. The van der Waals surface area contributed by atoms with Crippen LogP contribution in [-0.2, 0) is 20.0 Å². The number of primary sulfonamides is 2. The zero-order chi connectivity index (χ0) is 21.2. The highest BCUT2D eigenvalue weighted by Gasteiger charge is 2.42. The van der Waals surface area contributed by atoms with Gasteiger partial charge < -0.3 is 0 Å². The van der Waals surface area contributed by atoms with E-state index in [1.807, 2.05) is 0 Å². The van der Waals surface area contributed by atoms with Crippen molar-refractivity contribution >= 4 is 53.2 Å². The monoisotopic (exact) mass is 489 g/mol. The molecule has 0 saturated heterocycles. The molecule has 0 aromatic heterocycles. The Morgan fingerprint density at radius 3 is 2.04 bits per heavy atom. The van der Waals surface area contributed by atoms with Crippen LogP contribution in [0.25, 0.3) is 0 Å². The number of carbonyl (C=O) groups is 2. The number of nitro benzene ring substituents is 1. The van der Waals surface area contributed by atoms with Gasteiger partial charge in [-0.3, -0.25) is 19.7 Å². The summed E-state index contributed by atoms with van der Waals surface area (Å²) in [6, 6.07) is 3.89. The molecule has 0 saturated carbocycles. The topological polar surface area (TPSA) is 198 Å². The van der Waals surface area contributed by atoms with E-state index in [2.05, 4.69) is 15.9 Å². The van der Waals surface area contributed by atoms with E-state index in [4.69, 9.17) is 10.3 Å². The van der Waals surface area contributed by atoms with Crippen molar-refractivity contribution in [1.29, 1.82) is 0 Å². The summed E-state index contributed by atoms with van der Waals surface area (Å²) in [7, 11) is -9.24. The van der Waals surface area contributed by atoms with E-state index in [0.717, 1.165) is 24.3 Å². The summed E-state index contributed by atoms with van der Waals surface area (Å²) in [4.78, 5) is 34.6. The zero-order valence-electron chi connectivity index (χ0n) is 13.4. The third kappa shape index (κ3) is 2.94. The number of benzene rings is 2. The lowest BCUT2D eigenvalue weighted by Gasteiger charge is -2.22. The third-order valence-electron chi connectivity index (χ3n) is 3.95. The van der Waals surface area contributed by atoms with E-state index in [1.54, 1.807) is 0 Å². The van der Waals surface area contributed by atoms with Crippen molar-refractivity contribution in [3.63, 3.8) is 0 Å². The highest BCUT2D eigenvalue weighted by molar-refractivity contribution is 9.10. The van der Waals surface area contributed by atoms with Gasteiger partial charge in [0.15, 0.2) is 5.78 Å². The van der Waals surface area contributed by atoms with Gasteiger partial charge in [-0.15, -0.1) is 0 Å². The molecule has 0 spiro atoms. The van der Waals surface area contributed by atoms with E-state index < -0.39 is 78.7 Å². The zero-order valence-corrected chi connectivity index (χ0v) is 16.6. The van der Waals surface area contributed by atoms with Crippen molar-refractivity contribution in [3.05, 3.63) is 61.1 Å². The number of sulfonamides is 2. The van der Waals surface area contributed by atoms with Crippen LogP contribution < -0.4 is 10.3 Å². The van der Waals surface area contributed by atoms with Gasteiger partial charge in [0.25, 0.3) is 5.69 Å². The minimum absolute atomic E-state index is 0.444. The first-order valence-corrected chi connectivity index (χ1v) is 10.9. The lowest BCUT2D eigenvalue weighted by Crippen LogP contribution is -2.30. The standard InChI is InChI=1S/C14H8BrN3O8S2/c15-6-4-8(27(16,23)24)10-11(14(6)28(17,25)26)13(20)9-5(12(10)19)2-1-3-7(9)18(21)22/h1-4H,(H2,16,23,24)(H2,17,25,26). The van der Waals surface area contributed by atoms with Crippen LogP contribution in [0.5, 0.6) is 0 Å². The molecule has 3 rings (SSSR count). The average Bonchev–Trinajstić information content (AvgIpc) is 2.55. The van der Waals surface area contributed by atoms with E-state index in [9.17, 15) is 36.5 Å². The number of nitro groups is 1. The fourth-order valence-electron chi connectivity index (χ4n) is 2.93. The summed E-state index contributed by atoms with van der Waals surface area (Å²) in [5.74, 6) is -2.36. The molecule has 2 aromatic carbocycles. The van der Waals surface area contributed by atoms with Gasteiger partial charge in [-0.05, 0) is 28.1 Å². The Morgan fingerprint density at radius 2 is 1.54 bits per heavy atom. The van der Waals surface area contributed by atoms with Crippen LogP contribution in [0, 0.1) is 10.1 Å². The highest BCUT2D eigenvalue weighted by Crippen LogP contribution is 2.40. The number of nitrogens with zero attached hydrogens (tertiary/aromatic N) is 1. The van der Waals surface area contributed by atoms with Crippen LogP contribution in [0.2, 0.25) is 0 Å². The van der Waals surface area contributed by atoms with Gasteiger partial charge in [0, 0.05) is 16.1 Å². The van der Waals surface area contributed by atoms with Gasteiger partial charge in [-0.1, -0.05) is 6.07 Å². The maximum atomic E-state index is 13.0. The van der Waals surface area contributed by atoms with Crippen molar-refractivity contribution in [2.24, 2.45) is 10.3 Å². The molecular formula is C14H8BrN3O8S2. The van der Waals surface area contributed by atoms with Crippen LogP contribution in [0.1, 0.15) is 31.8 Å². The van der Waals surface area contributed by atoms with Gasteiger partial charge >= 0.3 is 0 Å². The van der Waals surface area contributed by atoms with Gasteiger partial charge in [-0.25, -0.2) is 27.1 Å². The van der Waals surface area contributed by atoms with Crippen molar-refractivity contribution in [2.75, 3.05) is 0 Å². The normalized spacial score (nSPS) is 13.8. The van der Waals surface area contributed by atoms with Crippen molar-refractivity contribution < 1.29 is 31.3 Å². The predicted molar refractivity (Wildman–Crippen MR) is 96.8 cm³/mol. The first kappa shape index (κ1) is 20.2. The van der Waals surface area contributed by atoms with E-state index in [0.29, 0.717) is 0 Å². The minimum atomic E-state index is -4.65. The Labute approximate surface area is 165 Å². The number of hydrogen-bond acceptors (Lipinski definition) is 8. The second-order valence-corrected chi connectivity index (χ2v) is 9.52. The van der Waals surface area contributed by atoms with Crippen LogP contribution in [0.3, 0.4) is 0 Å². The van der Waals surface area contributed by atoms with Crippen LogP contribution in [0.15, 0.2) is 38.5 Å². The molecule has 0 atom stereocenters. The summed E-state index contributed by atoms with van der Waals surface area (Å²) < 4.78 is 47.6. The van der Waals surface area contributed by atoms with E-state index in [-0.39, 0.29) is 0 Å². The van der Waals surface area contributed by atoms with Crippen molar-refractivity contribution in [1.82, 2.24) is 0 Å². The summed E-state index contributed by atoms with van der Waals surface area (Å²) >= 11 is 2.81. The van der Waals surface area contributed by atoms with Crippen LogP contribution in [-0.4, -0.2) is 33.3 Å². The smallest absolute Gasteiger partial charge is 0.281 e. The summed E-state index contributed by atoms with van der Waals surface area (Å²) in [5.41, 5.74) is -3.59. The Morgan fingerprint density at radius 1 is 0.929 bits per heavy atom. The molecule has 28 heavy (non-hydrogen) atoms. The second-order valence-electron chi connectivity index (χ2n) is 5.64. The molecule has 11 nitrogen and oxygen atoms in total. The first-order chi connectivity index (χ1) is 12.8. The quantitative estimate of drug-likeness (QED) is 0.389. The number of hydrogen-bond donors (Lipinski definition) is 2. The maximum Gasteiger partial charge on any atom is 0.281 e. The number of rotatable bonds is 3. The molecule has 4 N–H and O–H groups in total. The predicted octanol–water partition coefficient (Wildman–Crippen LogP) is 0.428. The SMILES string of the molecule is NS(=O)(=O)c1cc(Br)c(S(N)(=O)=O)c2c1C(=O)c1cccc([N+](=O)[O-])c1C2=O. The molecule has 0 unspecified atom stereocenters. The Kier molecular flexibility index (Phi) is 4.51. The van der Waals surface area contributed by atoms with Gasteiger partial charge in [0.2, 0.25) is 25.8 Å². The molecule has 0 aliphatic heterocycles. The number of ketones is 2. The minimum Gasteiger partial charge on any atom is -0.289 e. The molecule has 2 aromatic rings. The lowest BCUT2D eigenvalue weighted by molar-refractivity contribution is -0.385. The highest BCUT2D eigenvalue weighted by atomic mass is 79.9. The molecule has 0 amide bonds. The van der Waals surface area contributed by atoms with E-state index in [1.165, 1.54) is 0 Å². The van der Waals surface area contributed by atoms with Gasteiger partial charge in [0.05, 0.1) is 20.9 Å². The molecule has 146 valence electrons. The number of halogens is 1. The van der Waals surface area contributed by atoms with Crippen LogP contribution in [0.4, 0.5) is 5.69 Å². The summed E-state index contributed by atoms with van der Waals surface area (Å²) in [6.45, 7) is 0. The lowest BCUT2D eigenvalue weighted by atomic mass is 9.83. The van der Waals surface area contributed by atoms with E-state index >= 15 is 0 Å². The number of nitrogens with two attached hydrogens (primary N) is 2. The van der Waals surface area contributed by atoms with Gasteiger partial charge in [-0.2, -0.15) is 0 Å². The Balaban J connectivity index is 2.61. The molecule has 0 heterocycles. The number of carbonyl (C=O) groups excluding carboxylic acids is 2. The van der Waals surface area contributed by atoms with Crippen molar-refractivity contribution in [3.8, 4) is 0 Å². The fourth-order valence-corrected chi connectivity index (χ4v) is 5.76. The molecule has 0 fully saturated rings. The largest absolute Gasteiger partial charge is 0.289 e. The molecular weight excluding hydrogens is 482 g/mol. The Bertz CT molecular complexity index is 1330. The first-order valence-electron chi connectivity index (χ1n) is 7.05. The average molecular weight is 490 g/mol.